The number of nitrogens with zero attached hydrogens (tertiary/aromatic N) is 6. The molecule has 7 N–H and O–H groups in total. The Hall–Kier alpha value is -5.60. The average molecular weight is 663 g/mol. The Labute approximate surface area is 282 Å². The van der Waals surface area contributed by atoms with Gasteiger partial charge in [-0.1, -0.05) is 60.7 Å². The second-order valence-corrected chi connectivity index (χ2v) is 12.5. The standard InChI is InChI=1S/C35H38N10O4/c36-31(48)25-16-27(30(47)29(25)46)45-20-39-28-32(38-18-26(21-8-3-1-4-9-21)22-10-5-2-6-11-22)42-34(43-33(28)45)44-15-13-24(19-44)41-35(49)40-23-12-7-14-37-17-23/h1-12,14,17,20,24-27,29-30,46-47H,13,15-16,18-19H2,(H2,36,48)(H,38,42,43)(H2,40,41,49)/t24-,25+,27-,29-,30+/m1/s1. The van der Waals surface area contributed by atoms with Crippen molar-refractivity contribution in [1.29, 1.82) is 0 Å². The Morgan fingerprint density at radius 2 is 1.69 bits per heavy atom. The zero-order chi connectivity index (χ0) is 33.9. The van der Waals surface area contributed by atoms with E-state index in [0.717, 1.165) is 11.1 Å². The molecule has 4 heterocycles. The molecule has 14 nitrogen and oxygen atoms in total. The fourth-order valence-electron chi connectivity index (χ4n) is 6.83. The van der Waals surface area contributed by atoms with Crippen LogP contribution in [-0.2, 0) is 4.79 Å². The van der Waals surface area contributed by atoms with Crippen LogP contribution in [0, 0.1) is 5.92 Å². The summed E-state index contributed by atoms with van der Waals surface area (Å²) in [5, 5.41) is 31.0. The van der Waals surface area contributed by atoms with Crippen LogP contribution in [0.25, 0.3) is 11.2 Å². The normalized spacial score (nSPS) is 22.0. The van der Waals surface area contributed by atoms with Gasteiger partial charge in [0.1, 0.15) is 6.10 Å². The van der Waals surface area contributed by atoms with Crippen LogP contribution in [-0.4, -0.2) is 84.5 Å². The van der Waals surface area contributed by atoms with Crippen LogP contribution in [0.1, 0.15) is 35.9 Å². The van der Waals surface area contributed by atoms with Crippen molar-refractivity contribution in [2.75, 3.05) is 35.2 Å². The van der Waals surface area contributed by atoms with Crippen molar-refractivity contribution < 1.29 is 19.8 Å². The molecular formula is C35H38N10O4. The highest BCUT2D eigenvalue weighted by molar-refractivity contribution is 5.89. The van der Waals surface area contributed by atoms with Gasteiger partial charge < -0.3 is 41.4 Å². The van der Waals surface area contributed by atoms with Gasteiger partial charge in [0.25, 0.3) is 0 Å². The lowest BCUT2D eigenvalue weighted by Gasteiger charge is -2.22. The van der Waals surface area contributed by atoms with Gasteiger partial charge in [-0.3, -0.25) is 9.78 Å². The number of aliphatic hydroxyl groups is 2. The van der Waals surface area contributed by atoms with E-state index in [1.807, 2.05) is 41.3 Å². The van der Waals surface area contributed by atoms with Gasteiger partial charge >= 0.3 is 6.03 Å². The molecule has 252 valence electrons. The smallest absolute Gasteiger partial charge is 0.319 e. The van der Waals surface area contributed by atoms with Gasteiger partial charge in [-0.25, -0.2) is 9.78 Å². The molecule has 7 rings (SSSR count). The Bertz CT molecular complexity index is 1870. The third kappa shape index (κ3) is 6.73. The fraction of sp³-hybridized carbons (Fsp3) is 0.314. The summed E-state index contributed by atoms with van der Waals surface area (Å²) in [6, 6.07) is 22.8. The molecule has 1 saturated carbocycles. The van der Waals surface area contributed by atoms with Gasteiger partial charge in [0.2, 0.25) is 11.9 Å². The van der Waals surface area contributed by atoms with Crippen LogP contribution in [0.5, 0.6) is 0 Å². The number of imidazole rings is 1. The number of primary amides is 1. The monoisotopic (exact) mass is 662 g/mol. The fourth-order valence-corrected chi connectivity index (χ4v) is 6.83. The molecule has 14 heteroatoms. The van der Waals surface area contributed by atoms with Gasteiger partial charge in [-0.2, -0.15) is 9.97 Å². The van der Waals surface area contributed by atoms with Crippen molar-refractivity contribution in [2.45, 2.75) is 43.1 Å². The number of aromatic nitrogens is 5. The Balaban J connectivity index is 1.19. The number of anilines is 3. The molecule has 1 aliphatic carbocycles. The van der Waals surface area contributed by atoms with Gasteiger partial charge in [-0.05, 0) is 36.1 Å². The number of aliphatic hydroxyl groups excluding tert-OH is 2. The summed E-state index contributed by atoms with van der Waals surface area (Å²) in [6.45, 7) is 1.55. The first kappa shape index (κ1) is 32.0. The largest absolute Gasteiger partial charge is 0.390 e. The van der Waals surface area contributed by atoms with Crippen LogP contribution in [0.15, 0.2) is 91.5 Å². The van der Waals surface area contributed by atoms with Crippen LogP contribution in [0.2, 0.25) is 0 Å². The van der Waals surface area contributed by atoms with E-state index in [1.165, 1.54) is 0 Å². The highest BCUT2D eigenvalue weighted by Gasteiger charge is 2.46. The molecule has 49 heavy (non-hydrogen) atoms. The van der Waals surface area contributed by atoms with Crippen molar-refractivity contribution >= 4 is 40.6 Å². The Kier molecular flexibility index (Phi) is 9.05. The SMILES string of the molecule is NC(=O)[C@H]1C[C@@H](n2cnc3c(NCC(c4ccccc4)c4ccccc4)nc(N4CC[C@@H](NC(=O)Nc5cccnc5)C4)nc32)[C@H](O)[C@@H]1O. The highest BCUT2D eigenvalue weighted by atomic mass is 16.3. The number of fused-ring (bicyclic) bond motifs is 1. The van der Waals surface area contributed by atoms with E-state index >= 15 is 0 Å². The maximum Gasteiger partial charge on any atom is 0.319 e. The van der Waals surface area contributed by atoms with Crippen molar-refractivity contribution in [3.63, 3.8) is 0 Å². The van der Waals surface area contributed by atoms with E-state index in [4.69, 9.17) is 15.7 Å². The van der Waals surface area contributed by atoms with E-state index in [0.29, 0.717) is 54.7 Å². The Morgan fingerprint density at radius 3 is 2.35 bits per heavy atom. The first-order valence-corrected chi connectivity index (χ1v) is 16.3. The lowest BCUT2D eigenvalue weighted by Crippen LogP contribution is -2.40. The summed E-state index contributed by atoms with van der Waals surface area (Å²) < 4.78 is 1.70. The molecule has 3 aromatic heterocycles. The molecular weight excluding hydrogens is 624 g/mol. The quantitative estimate of drug-likeness (QED) is 0.129. The minimum absolute atomic E-state index is 0.000212. The lowest BCUT2D eigenvalue weighted by molar-refractivity contribution is -0.125. The van der Waals surface area contributed by atoms with Gasteiger partial charge in [0.15, 0.2) is 17.0 Å². The van der Waals surface area contributed by atoms with Gasteiger partial charge in [0.05, 0.1) is 36.3 Å². The summed E-state index contributed by atoms with van der Waals surface area (Å²) in [6.07, 6.45) is 3.02. The van der Waals surface area contributed by atoms with Crippen LogP contribution in [0.4, 0.5) is 22.2 Å². The molecule has 3 amide bonds. The number of benzene rings is 2. The molecule has 2 aromatic carbocycles. The summed E-state index contributed by atoms with van der Waals surface area (Å²) in [4.78, 5) is 45.3. The molecule has 0 bridgehead atoms. The first-order valence-electron chi connectivity index (χ1n) is 16.3. The molecule has 2 fully saturated rings. The van der Waals surface area contributed by atoms with Crippen LogP contribution >= 0.6 is 0 Å². The van der Waals surface area contributed by atoms with E-state index in [1.54, 1.807) is 35.4 Å². The number of pyridine rings is 1. The number of nitrogens with one attached hydrogen (secondary N) is 3. The van der Waals surface area contributed by atoms with Crippen molar-refractivity contribution in [3.05, 3.63) is 103 Å². The number of amides is 3. The summed E-state index contributed by atoms with van der Waals surface area (Å²) in [5.74, 6) is -0.658. The lowest BCUT2D eigenvalue weighted by atomic mass is 9.91. The Morgan fingerprint density at radius 1 is 0.959 bits per heavy atom. The molecule has 0 spiro atoms. The summed E-state index contributed by atoms with van der Waals surface area (Å²) in [5.41, 5.74) is 9.34. The molecule has 0 radical (unpaired) electrons. The topological polar surface area (TPSA) is 196 Å². The number of carbonyl (C=O) groups excluding carboxylic acids is 2. The molecule has 1 aliphatic heterocycles. The predicted octanol–water partition coefficient (Wildman–Crippen LogP) is 2.63. The van der Waals surface area contributed by atoms with Crippen molar-refractivity contribution in [1.82, 2.24) is 29.8 Å². The number of urea groups is 1. The van der Waals surface area contributed by atoms with Gasteiger partial charge in [-0.15, -0.1) is 0 Å². The zero-order valence-electron chi connectivity index (χ0n) is 26.6. The maximum absolute atomic E-state index is 12.7. The third-order valence-corrected chi connectivity index (χ3v) is 9.39. The number of hydrogen-bond acceptors (Lipinski definition) is 10. The summed E-state index contributed by atoms with van der Waals surface area (Å²) >= 11 is 0. The highest BCUT2D eigenvalue weighted by Crippen LogP contribution is 2.38. The zero-order valence-corrected chi connectivity index (χ0v) is 26.6. The van der Waals surface area contributed by atoms with E-state index in [9.17, 15) is 19.8 Å². The number of nitrogens with two attached hydrogens (primary N) is 1. The molecule has 1 saturated heterocycles. The predicted molar refractivity (Wildman–Crippen MR) is 184 cm³/mol. The summed E-state index contributed by atoms with van der Waals surface area (Å²) in [7, 11) is 0. The molecule has 2 aliphatic rings. The molecule has 0 unspecified atom stereocenters. The second-order valence-electron chi connectivity index (χ2n) is 12.5. The number of carbonyl (C=O) groups is 2. The number of hydrogen-bond donors (Lipinski definition) is 6. The second kappa shape index (κ2) is 13.9. The minimum atomic E-state index is -1.31. The van der Waals surface area contributed by atoms with Crippen LogP contribution in [0.3, 0.4) is 0 Å². The van der Waals surface area contributed by atoms with Crippen molar-refractivity contribution in [3.8, 4) is 0 Å². The van der Waals surface area contributed by atoms with Crippen molar-refractivity contribution in [2.24, 2.45) is 11.7 Å². The maximum atomic E-state index is 12.7. The van der Waals surface area contributed by atoms with E-state index in [2.05, 4.69) is 50.2 Å². The van der Waals surface area contributed by atoms with E-state index in [-0.39, 0.29) is 24.4 Å². The first-order chi connectivity index (χ1) is 23.9. The minimum Gasteiger partial charge on any atom is -0.390 e. The molecule has 5 aromatic rings. The number of rotatable bonds is 10. The van der Waals surface area contributed by atoms with Crippen LogP contribution < -0.4 is 26.6 Å². The molecule has 5 atom stereocenters. The van der Waals surface area contributed by atoms with Gasteiger partial charge in [0, 0.05) is 37.8 Å². The average Bonchev–Trinajstić information content (AvgIpc) is 3.84. The third-order valence-electron chi connectivity index (χ3n) is 9.39. The van der Waals surface area contributed by atoms with E-state index < -0.39 is 30.1 Å².